The number of rotatable bonds is 7. The molecule has 0 unspecified atom stereocenters. The quantitative estimate of drug-likeness (QED) is 0.436. The van der Waals surface area contributed by atoms with Crippen LogP contribution < -0.4 is 10.1 Å². The van der Waals surface area contributed by atoms with Crippen LogP contribution in [0.2, 0.25) is 0 Å². The Morgan fingerprint density at radius 1 is 1.12 bits per heavy atom. The third-order valence-electron chi connectivity index (χ3n) is 6.12. The van der Waals surface area contributed by atoms with Gasteiger partial charge in [-0.3, -0.25) is 9.78 Å². The summed E-state index contributed by atoms with van der Waals surface area (Å²) in [6.45, 7) is 0.523. The van der Waals surface area contributed by atoms with Gasteiger partial charge in [0.25, 0.3) is 5.91 Å². The summed E-state index contributed by atoms with van der Waals surface area (Å²) in [5.74, 6) is 0.903. The number of hydrogen-bond acceptors (Lipinski definition) is 5. The van der Waals surface area contributed by atoms with Gasteiger partial charge in [-0.1, -0.05) is 12.1 Å². The third kappa shape index (κ3) is 6.48. The summed E-state index contributed by atoms with van der Waals surface area (Å²) in [4.78, 5) is 20.8. The summed E-state index contributed by atoms with van der Waals surface area (Å²) in [6.07, 6.45) is 5.98. The summed E-state index contributed by atoms with van der Waals surface area (Å²) in [6, 6.07) is 16.6. The van der Waals surface area contributed by atoms with E-state index in [0.717, 1.165) is 53.1 Å². The topological polar surface area (TPSA) is 54.5 Å². The van der Waals surface area contributed by atoms with E-state index in [1.165, 1.54) is 11.3 Å². The second-order valence-corrected chi connectivity index (χ2v) is 8.89. The highest BCUT2D eigenvalue weighted by Gasteiger charge is 2.30. The number of carbonyl (C=O) groups is 1. The van der Waals surface area contributed by atoms with Gasteiger partial charge >= 0.3 is 0 Å². The van der Waals surface area contributed by atoms with Crippen LogP contribution in [0.5, 0.6) is 5.75 Å². The molecule has 5 nitrogen and oxygen atoms in total. The van der Waals surface area contributed by atoms with Crippen molar-refractivity contribution in [3.05, 3.63) is 70.5 Å². The van der Waals surface area contributed by atoms with Crippen LogP contribution in [0.1, 0.15) is 40.9 Å². The monoisotopic (exact) mass is 507 g/mol. The first-order chi connectivity index (χ1) is 15.2. The minimum absolute atomic E-state index is 0. The molecule has 1 N–H and O–H groups in total. The number of ether oxygens (including phenoxy) is 1. The van der Waals surface area contributed by atoms with Crippen LogP contribution in [0.3, 0.4) is 0 Å². The molecule has 4 rings (SSSR count). The highest BCUT2D eigenvalue weighted by Crippen LogP contribution is 2.31. The number of halogens is 2. The zero-order chi connectivity index (χ0) is 21.6. The van der Waals surface area contributed by atoms with Gasteiger partial charge in [0.15, 0.2) is 0 Å². The van der Waals surface area contributed by atoms with Crippen molar-refractivity contribution in [1.29, 1.82) is 0 Å². The zero-order valence-corrected chi connectivity index (χ0v) is 21.3. The lowest BCUT2D eigenvalue weighted by Crippen LogP contribution is -2.44. The van der Waals surface area contributed by atoms with Crippen molar-refractivity contribution in [2.75, 3.05) is 14.2 Å². The van der Waals surface area contributed by atoms with Crippen molar-refractivity contribution >= 4 is 42.1 Å². The van der Waals surface area contributed by atoms with Crippen LogP contribution in [-0.2, 0) is 6.54 Å². The molecule has 33 heavy (non-hydrogen) atoms. The lowest BCUT2D eigenvalue weighted by molar-refractivity contribution is 0.0604. The van der Waals surface area contributed by atoms with E-state index in [2.05, 4.69) is 21.3 Å². The Bertz CT molecular complexity index is 994. The maximum Gasteiger partial charge on any atom is 0.264 e. The zero-order valence-electron chi connectivity index (χ0n) is 18.9. The molecule has 0 atom stereocenters. The standard InChI is InChI=1S/C25H29N3O2S.2ClH/c1-26-20-9-11-21(12-10-20)28(25(29)24-7-5-15-31-24)17-19-16-18(8-13-23(19)30-2)22-6-3-4-14-27-22;;/h3-8,13-16,20-21,26H,9-12,17H2,1-2H3;2*1H. The van der Waals surface area contributed by atoms with Crippen LogP contribution in [-0.4, -0.2) is 42.0 Å². The number of aromatic nitrogens is 1. The molecule has 1 fully saturated rings. The number of hydrogen-bond donors (Lipinski definition) is 1. The maximum atomic E-state index is 13.5. The Hall–Kier alpha value is -2.12. The van der Waals surface area contributed by atoms with E-state index in [1.807, 2.05) is 54.9 Å². The molecule has 1 aromatic carbocycles. The molecule has 8 heteroatoms. The van der Waals surface area contributed by atoms with Gasteiger partial charge in [-0.25, -0.2) is 0 Å². The summed E-state index contributed by atoms with van der Waals surface area (Å²) in [5, 5.41) is 5.35. The predicted molar refractivity (Wildman–Crippen MR) is 140 cm³/mol. The smallest absolute Gasteiger partial charge is 0.264 e. The van der Waals surface area contributed by atoms with E-state index in [-0.39, 0.29) is 36.8 Å². The molecular formula is C25H31Cl2N3O2S. The Kier molecular flexibility index (Phi) is 10.6. The van der Waals surface area contributed by atoms with Gasteiger partial charge in [0.2, 0.25) is 0 Å². The lowest BCUT2D eigenvalue weighted by Gasteiger charge is -2.37. The molecule has 2 aromatic heterocycles. The molecule has 0 spiro atoms. The van der Waals surface area contributed by atoms with Crippen molar-refractivity contribution in [1.82, 2.24) is 15.2 Å². The first-order valence-corrected chi connectivity index (χ1v) is 11.7. The van der Waals surface area contributed by atoms with Gasteiger partial charge in [0, 0.05) is 36.0 Å². The van der Waals surface area contributed by atoms with E-state index < -0.39 is 0 Å². The number of nitrogens with zero attached hydrogens (tertiary/aromatic N) is 2. The van der Waals surface area contributed by atoms with E-state index in [0.29, 0.717) is 12.6 Å². The molecule has 1 saturated carbocycles. The summed E-state index contributed by atoms with van der Waals surface area (Å²) in [5.41, 5.74) is 2.95. The minimum Gasteiger partial charge on any atom is -0.496 e. The second kappa shape index (κ2) is 12.9. The van der Waals surface area contributed by atoms with E-state index in [1.54, 1.807) is 13.3 Å². The minimum atomic E-state index is 0. The predicted octanol–water partition coefficient (Wildman–Crippen LogP) is 5.84. The number of amides is 1. The average Bonchev–Trinajstić information content (AvgIpc) is 3.38. The summed E-state index contributed by atoms with van der Waals surface area (Å²) in [7, 11) is 3.70. The third-order valence-corrected chi connectivity index (χ3v) is 6.98. The highest BCUT2D eigenvalue weighted by molar-refractivity contribution is 7.12. The molecule has 0 aliphatic heterocycles. The molecule has 3 aromatic rings. The molecule has 178 valence electrons. The molecule has 0 radical (unpaired) electrons. The largest absolute Gasteiger partial charge is 0.496 e. The average molecular weight is 509 g/mol. The molecule has 1 aliphatic rings. The molecular weight excluding hydrogens is 477 g/mol. The second-order valence-electron chi connectivity index (χ2n) is 7.95. The van der Waals surface area contributed by atoms with Gasteiger partial charge in [-0.05, 0) is 74.5 Å². The van der Waals surface area contributed by atoms with E-state index >= 15 is 0 Å². The Morgan fingerprint density at radius 3 is 2.52 bits per heavy atom. The van der Waals surface area contributed by atoms with Gasteiger partial charge in [-0.2, -0.15) is 0 Å². The van der Waals surface area contributed by atoms with Gasteiger partial charge in [-0.15, -0.1) is 36.2 Å². The van der Waals surface area contributed by atoms with Crippen LogP contribution in [0, 0.1) is 0 Å². The van der Waals surface area contributed by atoms with Crippen LogP contribution >= 0.6 is 36.2 Å². The van der Waals surface area contributed by atoms with E-state index in [4.69, 9.17) is 4.74 Å². The molecule has 0 saturated heterocycles. The molecule has 1 amide bonds. The van der Waals surface area contributed by atoms with E-state index in [9.17, 15) is 4.79 Å². The fraction of sp³-hybridized carbons (Fsp3) is 0.360. The normalized spacial score (nSPS) is 17.4. The Morgan fingerprint density at radius 2 is 1.91 bits per heavy atom. The summed E-state index contributed by atoms with van der Waals surface area (Å²) < 4.78 is 5.66. The molecule has 1 aliphatic carbocycles. The van der Waals surface area contributed by atoms with Crippen molar-refractivity contribution in [3.8, 4) is 17.0 Å². The molecule has 2 heterocycles. The van der Waals surface area contributed by atoms with Gasteiger partial charge in [0.1, 0.15) is 5.75 Å². The lowest BCUT2D eigenvalue weighted by atomic mass is 9.89. The first-order valence-electron chi connectivity index (χ1n) is 10.8. The number of benzene rings is 1. The number of methoxy groups -OCH3 is 1. The number of carbonyl (C=O) groups excluding carboxylic acids is 1. The number of thiophene rings is 1. The highest BCUT2D eigenvalue weighted by atomic mass is 35.5. The van der Waals surface area contributed by atoms with Crippen LogP contribution in [0.4, 0.5) is 0 Å². The fourth-order valence-corrected chi connectivity index (χ4v) is 5.04. The van der Waals surface area contributed by atoms with Gasteiger partial charge < -0.3 is 15.0 Å². The Balaban J connectivity index is 0.00000193. The van der Waals surface area contributed by atoms with Crippen molar-refractivity contribution in [2.45, 2.75) is 44.3 Å². The first kappa shape index (κ1) is 27.1. The van der Waals surface area contributed by atoms with Crippen LogP contribution in [0.25, 0.3) is 11.3 Å². The van der Waals surface area contributed by atoms with Crippen molar-refractivity contribution in [3.63, 3.8) is 0 Å². The van der Waals surface area contributed by atoms with Crippen molar-refractivity contribution in [2.24, 2.45) is 0 Å². The van der Waals surface area contributed by atoms with Crippen molar-refractivity contribution < 1.29 is 9.53 Å². The summed E-state index contributed by atoms with van der Waals surface area (Å²) >= 11 is 1.50. The van der Waals surface area contributed by atoms with Gasteiger partial charge in [0.05, 0.1) is 17.7 Å². The number of pyridine rings is 1. The number of nitrogens with one attached hydrogen (secondary N) is 1. The molecule has 0 bridgehead atoms. The Labute approximate surface area is 212 Å². The van der Waals surface area contributed by atoms with Crippen LogP contribution in [0.15, 0.2) is 60.1 Å². The SMILES string of the molecule is CNC1CCC(N(Cc2cc(-c3ccccn3)ccc2OC)C(=O)c2cccs2)CC1.Cl.Cl. The fourth-order valence-electron chi connectivity index (χ4n) is 4.36. The maximum absolute atomic E-state index is 13.5.